The fourth-order valence-electron chi connectivity index (χ4n) is 3.09. The van der Waals surface area contributed by atoms with Gasteiger partial charge in [-0.2, -0.15) is 0 Å². The molecule has 0 atom stereocenters. The molecule has 0 aromatic heterocycles. The van der Waals surface area contributed by atoms with E-state index in [9.17, 15) is 4.79 Å². The zero-order chi connectivity index (χ0) is 16.1. The zero-order valence-corrected chi connectivity index (χ0v) is 15.2. The van der Waals surface area contributed by atoms with Gasteiger partial charge >= 0.3 is 0 Å². The van der Waals surface area contributed by atoms with Crippen LogP contribution < -0.4 is 15.4 Å². The van der Waals surface area contributed by atoms with Gasteiger partial charge in [0.05, 0.1) is 11.7 Å². The molecule has 6 heteroatoms. The van der Waals surface area contributed by atoms with E-state index in [0.717, 1.165) is 32.4 Å². The number of nitrogens with one attached hydrogen (secondary N) is 2. The summed E-state index contributed by atoms with van der Waals surface area (Å²) in [6.45, 7) is 2.42. The lowest BCUT2D eigenvalue weighted by Gasteiger charge is -2.18. The third kappa shape index (κ3) is 5.13. The van der Waals surface area contributed by atoms with E-state index in [0.29, 0.717) is 22.9 Å². The number of amides is 1. The molecular formula is C18H24Cl2N2O2. The van der Waals surface area contributed by atoms with Crippen LogP contribution in [0, 0.1) is 0 Å². The predicted octanol–water partition coefficient (Wildman–Crippen LogP) is 3.73. The third-order valence-corrected chi connectivity index (χ3v) is 4.65. The molecule has 1 aliphatic heterocycles. The highest BCUT2D eigenvalue weighted by Crippen LogP contribution is 2.28. The van der Waals surface area contributed by atoms with E-state index < -0.39 is 0 Å². The summed E-state index contributed by atoms with van der Waals surface area (Å²) in [5, 5.41) is 6.80. The maximum absolute atomic E-state index is 12.5. The van der Waals surface area contributed by atoms with Gasteiger partial charge in [0.25, 0.3) is 5.91 Å². The molecule has 1 fully saturated rings. The minimum absolute atomic E-state index is 0. The highest BCUT2D eigenvalue weighted by Gasteiger charge is 2.20. The molecule has 1 saturated carbocycles. The number of rotatable bonds is 5. The van der Waals surface area contributed by atoms with Crippen LogP contribution in [0.2, 0.25) is 5.02 Å². The van der Waals surface area contributed by atoms with Gasteiger partial charge in [-0.25, -0.2) is 0 Å². The number of hydrogen-bond acceptors (Lipinski definition) is 3. The summed E-state index contributed by atoms with van der Waals surface area (Å²) < 4.78 is 6.03. The Balaban J connectivity index is 0.00000208. The Bertz CT molecular complexity index is 599. The van der Waals surface area contributed by atoms with Gasteiger partial charge in [-0.15, -0.1) is 12.4 Å². The summed E-state index contributed by atoms with van der Waals surface area (Å²) in [6, 6.07) is 5.27. The second-order valence-electron chi connectivity index (χ2n) is 6.16. The Labute approximate surface area is 154 Å². The summed E-state index contributed by atoms with van der Waals surface area (Å²) in [7, 11) is 0. The van der Waals surface area contributed by atoms with Gasteiger partial charge in [-0.1, -0.05) is 23.3 Å². The van der Waals surface area contributed by atoms with Gasteiger partial charge in [-0.3, -0.25) is 4.79 Å². The molecule has 132 valence electrons. The normalized spacial score (nSPS) is 17.8. The van der Waals surface area contributed by atoms with Gasteiger partial charge in [0.1, 0.15) is 5.75 Å². The van der Waals surface area contributed by atoms with Crippen molar-refractivity contribution in [1.82, 2.24) is 10.6 Å². The van der Waals surface area contributed by atoms with Crippen LogP contribution in [-0.2, 0) is 0 Å². The van der Waals surface area contributed by atoms with Crippen LogP contribution in [0.25, 0.3) is 0 Å². The van der Waals surface area contributed by atoms with Gasteiger partial charge in [0.2, 0.25) is 0 Å². The number of halogens is 2. The summed E-state index contributed by atoms with van der Waals surface area (Å²) in [4.78, 5) is 12.5. The molecule has 0 radical (unpaired) electrons. The van der Waals surface area contributed by atoms with Crippen LogP contribution in [0.5, 0.6) is 5.75 Å². The van der Waals surface area contributed by atoms with Crippen molar-refractivity contribution in [2.45, 2.75) is 38.2 Å². The highest BCUT2D eigenvalue weighted by molar-refractivity contribution is 6.31. The average molecular weight is 371 g/mol. The smallest absolute Gasteiger partial charge is 0.255 e. The summed E-state index contributed by atoms with van der Waals surface area (Å²) >= 11 is 6.07. The number of hydrogen-bond donors (Lipinski definition) is 2. The van der Waals surface area contributed by atoms with E-state index in [2.05, 4.69) is 16.7 Å². The van der Waals surface area contributed by atoms with Gasteiger partial charge in [-0.05, 0) is 56.8 Å². The second kappa shape index (κ2) is 9.30. The maximum Gasteiger partial charge on any atom is 0.255 e. The first-order valence-electron chi connectivity index (χ1n) is 8.35. The number of carbonyl (C=O) groups is 1. The standard InChI is InChI=1S/C18H23ClN2O2.ClH/c19-14-5-6-17(23-15-3-1-2-4-15)16(11-14)18(22)21-12-13-7-9-20-10-8-13;/h5-7,11,15,20H,1-4,8-10,12H2,(H,21,22);1H. The SMILES string of the molecule is Cl.O=C(NCC1=CCNCC1)c1cc(Cl)ccc1OC1CCCC1. The van der Waals surface area contributed by atoms with Crippen LogP contribution in [-0.4, -0.2) is 31.6 Å². The van der Waals surface area contributed by atoms with E-state index in [1.54, 1.807) is 18.2 Å². The minimum Gasteiger partial charge on any atom is -0.490 e. The molecule has 4 nitrogen and oxygen atoms in total. The molecule has 1 aromatic rings. The van der Waals surface area contributed by atoms with Crippen LogP contribution >= 0.6 is 24.0 Å². The van der Waals surface area contributed by atoms with Gasteiger partial charge in [0, 0.05) is 18.1 Å². The van der Waals surface area contributed by atoms with Crippen molar-refractivity contribution >= 4 is 29.9 Å². The van der Waals surface area contributed by atoms with Crippen molar-refractivity contribution in [3.8, 4) is 5.75 Å². The topological polar surface area (TPSA) is 50.4 Å². The van der Waals surface area contributed by atoms with E-state index in [1.165, 1.54) is 18.4 Å². The van der Waals surface area contributed by atoms with Crippen molar-refractivity contribution in [1.29, 1.82) is 0 Å². The van der Waals surface area contributed by atoms with Crippen molar-refractivity contribution in [3.05, 3.63) is 40.4 Å². The molecule has 1 amide bonds. The van der Waals surface area contributed by atoms with Crippen molar-refractivity contribution < 1.29 is 9.53 Å². The largest absolute Gasteiger partial charge is 0.490 e. The molecule has 1 aromatic carbocycles. The fraction of sp³-hybridized carbons (Fsp3) is 0.500. The fourth-order valence-corrected chi connectivity index (χ4v) is 3.26. The summed E-state index contributed by atoms with van der Waals surface area (Å²) in [5.74, 6) is 0.512. The van der Waals surface area contributed by atoms with E-state index >= 15 is 0 Å². The van der Waals surface area contributed by atoms with Crippen LogP contribution in [0.1, 0.15) is 42.5 Å². The molecule has 0 unspecified atom stereocenters. The van der Waals surface area contributed by atoms with E-state index in [1.807, 2.05) is 0 Å². The Morgan fingerprint density at radius 3 is 2.83 bits per heavy atom. The first-order valence-corrected chi connectivity index (χ1v) is 8.73. The summed E-state index contributed by atoms with van der Waals surface area (Å²) in [5.41, 5.74) is 1.79. The first-order chi connectivity index (χ1) is 11.2. The Kier molecular flexibility index (Phi) is 7.40. The molecule has 2 N–H and O–H groups in total. The van der Waals surface area contributed by atoms with E-state index in [-0.39, 0.29) is 24.4 Å². The molecular weight excluding hydrogens is 347 g/mol. The zero-order valence-electron chi connectivity index (χ0n) is 13.6. The predicted molar refractivity (Wildman–Crippen MR) is 99.5 cm³/mol. The highest BCUT2D eigenvalue weighted by atomic mass is 35.5. The second-order valence-corrected chi connectivity index (χ2v) is 6.60. The van der Waals surface area contributed by atoms with Gasteiger partial charge < -0.3 is 15.4 Å². The Hall–Kier alpha value is -1.23. The molecule has 1 aliphatic carbocycles. The molecule has 2 aliphatic rings. The Morgan fingerprint density at radius 2 is 2.12 bits per heavy atom. The average Bonchev–Trinajstić information content (AvgIpc) is 3.08. The summed E-state index contributed by atoms with van der Waals surface area (Å²) in [6.07, 6.45) is 7.84. The molecule has 0 bridgehead atoms. The number of ether oxygens (including phenoxy) is 1. The monoisotopic (exact) mass is 370 g/mol. The molecule has 3 rings (SSSR count). The van der Waals surface area contributed by atoms with Crippen molar-refractivity contribution in [2.75, 3.05) is 19.6 Å². The lowest BCUT2D eigenvalue weighted by Crippen LogP contribution is -2.30. The molecule has 24 heavy (non-hydrogen) atoms. The first kappa shape index (κ1) is 19.1. The lowest BCUT2D eigenvalue weighted by atomic mass is 10.1. The van der Waals surface area contributed by atoms with E-state index in [4.69, 9.17) is 16.3 Å². The quantitative estimate of drug-likeness (QED) is 0.776. The number of carbonyl (C=O) groups excluding carboxylic acids is 1. The minimum atomic E-state index is -0.125. The Morgan fingerprint density at radius 1 is 1.33 bits per heavy atom. The number of benzene rings is 1. The van der Waals surface area contributed by atoms with Gasteiger partial charge in [0.15, 0.2) is 0 Å². The lowest BCUT2D eigenvalue weighted by molar-refractivity contribution is 0.0949. The third-order valence-electron chi connectivity index (χ3n) is 4.42. The van der Waals surface area contributed by atoms with Crippen LogP contribution in [0.4, 0.5) is 0 Å². The van der Waals surface area contributed by atoms with Crippen molar-refractivity contribution in [3.63, 3.8) is 0 Å². The van der Waals surface area contributed by atoms with Crippen molar-refractivity contribution in [2.24, 2.45) is 0 Å². The van der Waals surface area contributed by atoms with Crippen LogP contribution in [0.15, 0.2) is 29.8 Å². The van der Waals surface area contributed by atoms with Crippen LogP contribution in [0.3, 0.4) is 0 Å². The molecule has 1 heterocycles. The molecule has 0 saturated heterocycles. The molecule has 0 spiro atoms. The maximum atomic E-state index is 12.5.